The number of carbonyl (C=O) groups is 6. The lowest BCUT2D eigenvalue weighted by Gasteiger charge is -2.68. The summed E-state index contributed by atoms with van der Waals surface area (Å²) in [4.78, 5) is 89.0. The molecule has 0 unspecified atom stereocenters. The van der Waals surface area contributed by atoms with Crippen LogP contribution in [0.2, 0.25) is 0 Å². The Balaban J connectivity index is 1.30. The summed E-state index contributed by atoms with van der Waals surface area (Å²) in [5, 5.41) is 17.5. The van der Waals surface area contributed by atoms with Crippen molar-refractivity contribution >= 4 is 57.2 Å². The van der Waals surface area contributed by atoms with E-state index in [4.69, 9.17) is 28.4 Å². The van der Waals surface area contributed by atoms with E-state index in [1.54, 1.807) is 101 Å². The molecule has 15 nitrogen and oxygen atoms in total. The molecular formula is C51H60N2O13S2. The minimum atomic E-state index is -2.17. The second-order valence-corrected chi connectivity index (χ2v) is 21.2. The number of aromatic nitrogens is 1. The van der Waals surface area contributed by atoms with E-state index in [0.29, 0.717) is 28.9 Å². The first-order valence-electron chi connectivity index (χ1n) is 22.8. The van der Waals surface area contributed by atoms with E-state index in [2.05, 4.69) is 10.3 Å². The Morgan fingerprint density at radius 1 is 0.956 bits per heavy atom. The van der Waals surface area contributed by atoms with E-state index < -0.39 is 100 Å². The molecule has 1 amide bonds. The van der Waals surface area contributed by atoms with Crippen molar-refractivity contribution < 1.29 is 62.3 Å². The Kier molecular flexibility index (Phi) is 15.3. The van der Waals surface area contributed by atoms with Crippen LogP contribution in [0.25, 0.3) is 0 Å². The highest BCUT2D eigenvalue weighted by molar-refractivity contribution is 8.76. The second-order valence-electron chi connectivity index (χ2n) is 18.8. The number of pyridine rings is 1. The molecule has 2 N–H and O–H groups in total. The lowest BCUT2D eigenvalue weighted by atomic mass is 9.43. The standard InChI is InChI=1S/C51H60N2O13S2/c1-29-35(63-47(59)42(41(53-31(3)54)33-18-11-9-12-19-33)64-39(56)23-17-25-67-68-38-22-15-16-24-52-38)27-51(60)45(65-46(58)34-20-13-10-14-21-34)43-49(7,44(57)30(2)40(29)48(51,5)6)36(61-8)26-37-50(43,28-62-37)66-32(4)55/h9-16,18-22,24,30,35-37,41-43,45,60H,17,23,25-28H2,1-8H3,(H,53,54)/t30-,35+,36+,37-,41+,42-,43+,45+,49-,50+,51-/m1/s1. The fraction of sp³-hybridized carbons (Fsp3) is 0.510. The predicted octanol–water partition coefficient (Wildman–Crippen LogP) is 6.97. The Labute approximate surface area is 404 Å². The van der Waals surface area contributed by atoms with E-state index in [1.165, 1.54) is 42.5 Å². The molecule has 68 heavy (non-hydrogen) atoms. The number of rotatable bonds is 16. The van der Waals surface area contributed by atoms with Crippen LogP contribution in [0.4, 0.5) is 0 Å². The maximum absolute atomic E-state index is 15.6. The summed E-state index contributed by atoms with van der Waals surface area (Å²) in [5.74, 6) is -5.73. The van der Waals surface area contributed by atoms with E-state index in [0.717, 1.165) is 5.03 Å². The molecule has 2 bridgehead atoms. The number of ether oxygens (including phenoxy) is 6. The summed E-state index contributed by atoms with van der Waals surface area (Å²) < 4.78 is 37.4. The van der Waals surface area contributed by atoms with Crippen molar-refractivity contribution in [3.63, 3.8) is 0 Å². The molecular weight excluding hydrogens is 913 g/mol. The van der Waals surface area contributed by atoms with Crippen LogP contribution in [-0.2, 0) is 52.4 Å². The summed E-state index contributed by atoms with van der Waals surface area (Å²) in [7, 11) is 4.45. The van der Waals surface area contributed by atoms with Gasteiger partial charge in [0.2, 0.25) is 12.0 Å². The van der Waals surface area contributed by atoms with E-state index in [9.17, 15) is 29.1 Å². The maximum Gasteiger partial charge on any atom is 0.350 e. The SMILES string of the molecule is CO[C@H]1C[C@H]2OC[C@@]2(OC(C)=O)[C@H]2[C@H](OC(=O)c3ccccc3)[C@]3(O)C[C@H](OC(=O)[C@H](OC(=O)CCCSSc4ccccn4)[C@@H](NC(C)=O)c4ccccc4)C(C)=C([C@@H](C)C(=O)[C@]12C)C3(C)C. The first-order valence-corrected chi connectivity index (χ1v) is 25.1. The van der Waals surface area contributed by atoms with Gasteiger partial charge < -0.3 is 38.8 Å². The molecule has 364 valence electrons. The molecule has 0 radical (unpaired) electrons. The summed E-state index contributed by atoms with van der Waals surface area (Å²) >= 11 is 0. The molecule has 1 saturated heterocycles. The Bertz CT molecular complexity index is 2400. The van der Waals surface area contributed by atoms with Crippen molar-refractivity contribution in [3.05, 3.63) is 107 Å². The molecule has 1 aliphatic heterocycles. The quantitative estimate of drug-likeness (QED) is 0.0489. The highest BCUT2D eigenvalue weighted by Gasteiger charge is 2.78. The monoisotopic (exact) mass is 972 g/mol. The van der Waals surface area contributed by atoms with Gasteiger partial charge in [-0.2, -0.15) is 0 Å². The average Bonchev–Trinajstić information content (AvgIpc) is 3.30. The number of ketones is 1. The van der Waals surface area contributed by atoms with E-state index >= 15 is 4.79 Å². The van der Waals surface area contributed by atoms with Crippen LogP contribution >= 0.6 is 21.6 Å². The first kappa shape index (κ1) is 50.8. The average molecular weight is 973 g/mol. The molecule has 4 aliphatic rings. The lowest BCUT2D eigenvalue weighted by molar-refractivity contribution is -0.346. The van der Waals surface area contributed by atoms with Gasteiger partial charge in [0.25, 0.3) is 0 Å². The van der Waals surface area contributed by atoms with Crippen LogP contribution in [0.15, 0.2) is 101 Å². The van der Waals surface area contributed by atoms with Gasteiger partial charge in [0.05, 0.1) is 29.6 Å². The summed E-state index contributed by atoms with van der Waals surface area (Å²) in [6.45, 7) is 11.0. The molecule has 0 spiro atoms. The third-order valence-corrected chi connectivity index (χ3v) is 16.8. The Morgan fingerprint density at radius 3 is 2.24 bits per heavy atom. The van der Waals surface area contributed by atoms with Crippen molar-refractivity contribution in [1.29, 1.82) is 0 Å². The van der Waals surface area contributed by atoms with E-state index in [-0.39, 0.29) is 37.2 Å². The molecule has 3 fully saturated rings. The Hall–Kier alpha value is -5.07. The van der Waals surface area contributed by atoms with Gasteiger partial charge in [-0.05, 0) is 72.0 Å². The van der Waals surface area contributed by atoms with Gasteiger partial charge in [-0.3, -0.25) is 19.2 Å². The van der Waals surface area contributed by atoms with Crippen LogP contribution in [-0.4, -0.2) is 107 Å². The van der Waals surface area contributed by atoms with Gasteiger partial charge in [-0.25, -0.2) is 14.6 Å². The summed E-state index contributed by atoms with van der Waals surface area (Å²) in [6.07, 6.45) is -4.48. The molecule has 3 aliphatic carbocycles. The highest BCUT2D eigenvalue weighted by atomic mass is 33.1. The number of Topliss-reactive ketones (excluding diaryl/α,β-unsaturated/α-hetero) is 1. The molecule has 2 saturated carbocycles. The molecule has 3 aromatic rings. The zero-order chi connectivity index (χ0) is 49.2. The number of hydrogen-bond acceptors (Lipinski definition) is 16. The number of nitrogens with one attached hydrogen (secondary N) is 1. The van der Waals surface area contributed by atoms with Crippen molar-refractivity contribution in [2.75, 3.05) is 19.5 Å². The summed E-state index contributed by atoms with van der Waals surface area (Å²) in [5.41, 5.74) is -5.16. The molecule has 17 heteroatoms. The normalized spacial score (nSPS) is 30.1. The number of esters is 4. The van der Waals surface area contributed by atoms with Crippen molar-refractivity contribution in [1.82, 2.24) is 10.3 Å². The number of fused-ring (bicyclic) bond motifs is 5. The second kappa shape index (κ2) is 20.5. The topological polar surface area (TPSA) is 203 Å². The smallest absolute Gasteiger partial charge is 0.350 e. The first-order chi connectivity index (χ1) is 32.3. The van der Waals surface area contributed by atoms with Gasteiger partial charge in [0, 0.05) is 63.5 Å². The molecule has 11 atom stereocenters. The number of hydrogen-bond donors (Lipinski definition) is 2. The third-order valence-electron chi connectivity index (χ3n) is 14.4. The van der Waals surface area contributed by atoms with Gasteiger partial charge >= 0.3 is 23.9 Å². The van der Waals surface area contributed by atoms with Crippen LogP contribution in [0.1, 0.15) is 96.1 Å². The van der Waals surface area contributed by atoms with Crippen molar-refractivity contribution in [3.8, 4) is 0 Å². The minimum absolute atomic E-state index is 0.0624. The van der Waals surface area contributed by atoms with Crippen LogP contribution < -0.4 is 5.32 Å². The van der Waals surface area contributed by atoms with Crippen LogP contribution in [0.3, 0.4) is 0 Å². The number of nitrogens with zero attached hydrogens (tertiary/aromatic N) is 1. The van der Waals surface area contributed by atoms with Gasteiger partial charge in [0.1, 0.15) is 40.8 Å². The molecule has 2 heterocycles. The highest BCUT2D eigenvalue weighted by Crippen LogP contribution is 2.65. The predicted molar refractivity (Wildman–Crippen MR) is 252 cm³/mol. The van der Waals surface area contributed by atoms with Gasteiger partial charge in [-0.15, -0.1) is 0 Å². The minimum Gasteiger partial charge on any atom is -0.455 e. The largest absolute Gasteiger partial charge is 0.455 e. The Morgan fingerprint density at radius 2 is 1.63 bits per heavy atom. The molecule has 1 aromatic heterocycles. The number of aliphatic hydroxyl groups is 1. The summed E-state index contributed by atoms with van der Waals surface area (Å²) in [6, 6.07) is 21.1. The third kappa shape index (κ3) is 9.48. The van der Waals surface area contributed by atoms with E-state index in [1.807, 2.05) is 18.2 Å². The fourth-order valence-electron chi connectivity index (χ4n) is 11.2. The fourth-order valence-corrected chi connectivity index (χ4v) is 13.2. The van der Waals surface area contributed by atoms with Crippen LogP contribution in [0.5, 0.6) is 0 Å². The lowest BCUT2D eigenvalue weighted by Crippen LogP contribution is -2.81. The molecule has 2 aromatic carbocycles. The maximum atomic E-state index is 15.6. The number of methoxy groups -OCH3 is 1. The van der Waals surface area contributed by atoms with Gasteiger partial charge in [-0.1, -0.05) is 86.2 Å². The molecule has 7 rings (SSSR count). The van der Waals surface area contributed by atoms with Crippen LogP contribution in [0, 0.1) is 22.7 Å². The number of carbonyl (C=O) groups excluding carboxylic acids is 6. The van der Waals surface area contributed by atoms with Crippen molar-refractivity contribution in [2.45, 2.75) is 127 Å². The zero-order valence-electron chi connectivity index (χ0n) is 39.6. The van der Waals surface area contributed by atoms with Crippen molar-refractivity contribution in [2.24, 2.45) is 22.7 Å². The zero-order valence-corrected chi connectivity index (χ0v) is 41.2. The number of amides is 1. The number of benzene rings is 2. The van der Waals surface area contributed by atoms with Gasteiger partial charge in [0.15, 0.2) is 5.60 Å².